The number of hydrogen-bond donors (Lipinski definition) is 0. The van der Waals surface area contributed by atoms with E-state index in [9.17, 15) is 8.42 Å². The monoisotopic (exact) mass is 329 g/mol. The zero-order chi connectivity index (χ0) is 17.0. The first-order chi connectivity index (χ1) is 10.6. The summed E-state index contributed by atoms with van der Waals surface area (Å²) in [6, 6.07) is 11.7. The molecule has 5 nitrogen and oxygen atoms in total. The second-order valence-electron chi connectivity index (χ2n) is 6.66. The van der Waals surface area contributed by atoms with Crippen LogP contribution in [0.3, 0.4) is 0 Å². The summed E-state index contributed by atoms with van der Waals surface area (Å²) < 4.78 is 27.4. The van der Waals surface area contributed by atoms with Crippen LogP contribution in [0.25, 0.3) is 11.3 Å². The molecule has 120 valence electrons. The zero-order valence-corrected chi connectivity index (χ0v) is 14.5. The first-order valence-corrected chi connectivity index (χ1v) is 9.18. The fourth-order valence-corrected chi connectivity index (χ4v) is 4.27. The number of rotatable bonds is 2. The number of anilines is 1. The van der Waals surface area contributed by atoms with E-state index < -0.39 is 10.0 Å². The maximum Gasteiger partial charge on any atom is 0.232 e. The van der Waals surface area contributed by atoms with Crippen LogP contribution >= 0.6 is 0 Å². The maximum absolute atomic E-state index is 12.0. The number of nitriles is 1. The molecule has 1 aliphatic heterocycles. The first kappa shape index (κ1) is 15.6. The molecule has 23 heavy (non-hydrogen) atoms. The molecule has 0 saturated carbocycles. The van der Waals surface area contributed by atoms with Gasteiger partial charge in [0.25, 0.3) is 0 Å². The fraction of sp³-hybridized carbons (Fsp3) is 0.353. The summed E-state index contributed by atoms with van der Waals surface area (Å²) in [6.07, 6.45) is 1.24. The van der Waals surface area contributed by atoms with Crippen LogP contribution in [0.15, 0.2) is 30.3 Å². The van der Waals surface area contributed by atoms with E-state index in [0.717, 1.165) is 22.5 Å². The SMILES string of the molecule is Cn1c(C#N)ccc1-c1ccc2c(c1)C(C)(C)CN2S(C)(=O)=O. The van der Waals surface area contributed by atoms with E-state index in [4.69, 9.17) is 5.26 Å². The van der Waals surface area contributed by atoms with Crippen LogP contribution < -0.4 is 4.31 Å². The van der Waals surface area contributed by atoms with Crippen LogP contribution in [-0.2, 0) is 22.5 Å². The van der Waals surface area contributed by atoms with Crippen LogP contribution in [0.5, 0.6) is 0 Å². The summed E-state index contributed by atoms with van der Waals surface area (Å²) in [5.74, 6) is 0. The molecular formula is C17H19N3O2S. The number of hydrogen-bond acceptors (Lipinski definition) is 3. The van der Waals surface area contributed by atoms with E-state index in [2.05, 4.69) is 6.07 Å². The molecule has 0 atom stereocenters. The summed E-state index contributed by atoms with van der Waals surface area (Å²) in [5, 5.41) is 9.10. The van der Waals surface area contributed by atoms with Gasteiger partial charge in [-0.15, -0.1) is 0 Å². The Morgan fingerprint density at radius 2 is 1.91 bits per heavy atom. The smallest absolute Gasteiger partial charge is 0.232 e. The Morgan fingerprint density at radius 3 is 2.48 bits per heavy atom. The lowest BCUT2D eigenvalue weighted by molar-refractivity contribution is 0.557. The molecule has 0 unspecified atom stereocenters. The molecule has 6 heteroatoms. The molecule has 0 radical (unpaired) electrons. The lowest BCUT2D eigenvalue weighted by Crippen LogP contribution is -2.32. The molecule has 2 aromatic rings. The van der Waals surface area contributed by atoms with Crippen LogP contribution in [0.2, 0.25) is 0 Å². The van der Waals surface area contributed by atoms with Crippen molar-refractivity contribution in [2.45, 2.75) is 19.3 Å². The molecule has 0 amide bonds. The minimum absolute atomic E-state index is 0.252. The quantitative estimate of drug-likeness (QED) is 0.850. The Kier molecular flexibility index (Phi) is 3.31. The van der Waals surface area contributed by atoms with E-state index in [1.165, 1.54) is 10.6 Å². The maximum atomic E-state index is 12.0. The van der Waals surface area contributed by atoms with Crippen molar-refractivity contribution in [1.82, 2.24) is 4.57 Å². The number of nitrogens with zero attached hydrogens (tertiary/aromatic N) is 3. The molecule has 1 aromatic carbocycles. The van der Waals surface area contributed by atoms with Crippen molar-refractivity contribution in [3.05, 3.63) is 41.6 Å². The van der Waals surface area contributed by atoms with Crippen LogP contribution in [0.4, 0.5) is 5.69 Å². The van der Waals surface area contributed by atoms with Gasteiger partial charge in [0, 0.05) is 24.7 Å². The lowest BCUT2D eigenvalue weighted by Gasteiger charge is -2.20. The minimum Gasteiger partial charge on any atom is -0.335 e. The summed E-state index contributed by atoms with van der Waals surface area (Å²) in [5.41, 5.74) is 4.03. The lowest BCUT2D eigenvalue weighted by atomic mass is 9.86. The molecule has 3 rings (SSSR count). The van der Waals surface area contributed by atoms with E-state index >= 15 is 0 Å². The highest BCUT2D eigenvalue weighted by Crippen LogP contribution is 2.43. The second-order valence-corrected chi connectivity index (χ2v) is 8.57. The van der Waals surface area contributed by atoms with Gasteiger partial charge in [-0.1, -0.05) is 19.9 Å². The van der Waals surface area contributed by atoms with Gasteiger partial charge < -0.3 is 4.57 Å². The van der Waals surface area contributed by atoms with Crippen molar-refractivity contribution in [2.24, 2.45) is 7.05 Å². The predicted molar refractivity (Wildman–Crippen MR) is 90.8 cm³/mol. The summed E-state index contributed by atoms with van der Waals surface area (Å²) in [6.45, 7) is 4.54. The highest BCUT2D eigenvalue weighted by atomic mass is 32.2. The van der Waals surface area contributed by atoms with Crippen molar-refractivity contribution >= 4 is 15.7 Å². The summed E-state index contributed by atoms with van der Waals surface area (Å²) in [7, 11) is -1.43. The van der Waals surface area contributed by atoms with Crippen molar-refractivity contribution in [3.8, 4) is 17.3 Å². The predicted octanol–water partition coefficient (Wildman–Crippen LogP) is 2.62. The number of aromatic nitrogens is 1. The largest absolute Gasteiger partial charge is 0.335 e. The highest BCUT2D eigenvalue weighted by Gasteiger charge is 2.39. The molecule has 0 N–H and O–H groups in total. The van der Waals surface area contributed by atoms with Gasteiger partial charge in [-0.05, 0) is 35.4 Å². The van der Waals surface area contributed by atoms with Gasteiger partial charge in [0.05, 0.1) is 11.9 Å². The van der Waals surface area contributed by atoms with Crippen LogP contribution in [-0.4, -0.2) is 25.8 Å². The molecule has 0 aliphatic carbocycles. The number of sulfonamides is 1. The Labute approximate surface area is 136 Å². The third-order valence-corrected chi connectivity index (χ3v) is 5.59. The molecular weight excluding hydrogens is 310 g/mol. The van der Waals surface area contributed by atoms with Crippen molar-refractivity contribution < 1.29 is 8.42 Å². The molecule has 0 saturated heterocycles. The summed E-state index contributed by atoms with van der Waals surface area (Å²) >= 11 is 0. The molecule has 0 bridgehead atoms. The Hall–Kier alpha value is -2.26. The normalized spacial score (nSPS) is 16.2. The Balaban J connectivity index is 2.17. The Bertz CT molecular complexity index is 933. The van der Waals surface area contributed by atoms with Crippen molar-refractivity contribution in [2.75, 3.05) is 17.1 Å². The van der Waals surface area contributed by atoms with E-state index in [-0.39, 0.29) is 5.41 Å². The molecule has 2 heterocycles. The molecule has 0 fully saturated rings. The molecule has 1 aliphatic rings. The topological polar surface area (TPSA) is 66.1 Å². The Morgan fingerprint density at radius 1 is 1.22 bits per heavy atom. The molecule has 0 spiro atoms. The van der Waals surface area contributed by atoms with Gasteiger partial charge in [-0.3, -0.25) is 4.31 Å². The first-order valence-electron chi connectivity index (χ1n) is 7.33. The van der Waals surface area contributed by atoms with E-state index in [1.807, 2.05) is 49.7 Å². The van der Waals surface area contributed by atoms with Gasteiger partial charge in [0.1, 0.15) is 11.8 Å². The molecule has 1 aromatic heterocycles. The fourth-order valence-electron chi connectivity index (χ4n) is 3.19. The third-order valence-electron chi connectivity index (χ3n) is 4.47. The third kappa shape index (κ3) is 2.41. The summed E-state index contributed by atoms with van der Waals surface area (Å²) in [4.78, 5) is 0. The zero-order valence-electron chi connectivity index (χ0n) is 13.7. The van der Waals surface area contributed by atoms with Gasteiger partial charge in [-0.2, -0.15) is 5.26 Å². The number of fused-ring (bicyclic) bond motifs is 1. The van der Waals surface area contributed by atoms with E-state index in [1.54, 1.807) is 6.07 Å². The van der Waals surface area contributed by atoms with Gasteiger partial charge in [0.2, 0.25) is 10.0 Å². The van der Waals surface area contributed by atoms with Gasteiger partial charge in [0.15, 0.2) is 0 Å². The van der Waals surface area contributed by atoms with Crippen molar-refractivity contribution in [3.63, 3.8) is 0 Å². The van der Waals surface area contributed by atoms with Crippen LogP contribution in [0, 0.1) is 11.3 Å². The minimum atomic E-state index is -3.29. The standard InChI is InChI=1S/C17H19N3O2S/c1-17(2)11-20(23(4,21)22)16-7-5-12(9-14(16)17)15-8-6-13(10-18)19(15)3/h5-9H,11H2,1-4H3. The van der Waals surface area contributed by atoms with Gasteiger partial charge >= 0.3 is 0 Å². The average molecular weight is 329 g/mol. The van der Waals surface area contributed by atoms with Gasteiger partial charge in [-0.25, -0.2) is 8.42 Å². The second kappa shape index (κ2) is 4.87. The highest BCUT2D eigenvalue weighted by molar-refractivity contribution is 7.92. The van der Waals surface area contributed by atoms with E-state index in [0.29, 0.717) is 12.2 Å². The number of benzene rings is 1. The average Bonchev–Trinajstić information content (AvgIpc) is 2.96. The van der Waals surface area contributed by atoms with Crippen molar-refractivity contribution in [1.29, 1.82) is 5.26 Å². The van der Waals surface area contributed by atoms with Crippen LogP contribution in [0.1, 0.15) is 25.1 Å².